The third kappa shape index (κ3) is 5.71. The van der Waals surface area contributed by atoms with Crippen LogP contribution in [0.1, 0.15) is 38.3 Å². The van der Waals surface area contributed by atoms with Crippen LogP contribution in [0.5, 0.6) is 0 Å². The molecule has 1 amide bonds. The van der Waals surface area contributed by atoms with Crippen LogP contribution in [0.25, 0.3) is 10.6 Å². The number of nitrogens with zero attached hydrogens (tertiary/aromatic N) is 1. The Hall–Kier alpha value is -2.06. The second kappa shape index (κ2) is 9.23. The summed E-state index contributed by atoms with van der Waals surface area (Å²) in [5.41, 5.74) is 6.88. The molecule has 0 unspecified atom stereocenters. The number of nitrogens with one attached hydrogen (secondary N) is 3. The van der Waals surface area contributed by atoms with Gasteiger partial charge in [-0.15, -0.1) is 11.3 Å². The first kappa shape index (κ1) is 19.7. The molecule has 8 heteroatoms. The first-order valence-electron chi connectivity index (χ1n) is 9.07. The molecular weight excluding hydrogens is 383 g/mol. The van der Waals surface area contributed by atoms with Crippen LogP contribution in [0.3, 0.4) is 0 Å². The lowest BCUT2D eigenvalue weighted by Crippen LogP contribution is -2.51. The number of aromatic nitrogens is 1. The van der Waals surface area contributed by atoms with Gasteiger partial charge in [0.1, 0.15) is 10.8 Å². The lowest BCUT2D eigenvalue weighted by molar-refractivity contribution is -0.121. The molecule has 1 aromatic carbocycles. The van der Waals surface area contributed by atoms with Gasteiger partial charge in [0.15, 0.2) is 5.11 Å². The highest BCUT2D eigenvalue weighted by Gasteiger charge is 2.21. The zero-order valence-corrected chi connectivity index (χ0v) is 16.8. The van der Waals surface area contributed by atoms with Crippen molar-refractivity contribution in [3.63, 3.8) is 0 Å². The van der Waals surface area contributed by atoms with Crippen molar-refractivity contribution in [2.45, 2.75) is 45.1 Å². The maximum atomic E-state index is 13.0. The maximum absolute atomic E-state index is 13.0. The minimum absolute atomic E-state index is 0.146. The van der Waals surface area contributed by atoms with E-state index in [1.54, 1.807) is 12.1 Å². The van der Waals surface area contributed by atoms with E-state index in [-0.39, 0.29) is 18.1 Å². The number of rotatable bonds is 4. The highest BCUT2D eigenvalue weighted by atomic mass is 32.1. The van der Waals surface area contributed by atoms with E-state index in [9.17, 15) is 9.18 Å². The number of hydrazine groups is 1. The number of amides is 1. The van der Waals surface area contributed by atoms with Crippen LogP contribution in [-0.2, 0) is 11.2 Å². The van der Waals surface area contributed by atoms with Crippen LogP contribution in [0.15, 0.2) is 29.6 Å². The van der Waals surface area contributed by atoms with Crippen LogP contribution in [0.4, 0.5) is 4.39 Å². The molecule has 0 saturated heterocycles. The van der Waals surface area contributed by atoms with Gasteiger partial charge in [0.05, 0.1) is 12.1 Å². The average Bonchev–Trinajstić information content (AvgIpc) is 3.11. The van der Waals surface area contributed by atoms with Crippen molar-refractivity contribution < 1.29 is 9.18 Å². The number of thiocarbonyl (C=S) groups is 1. The van der Waals surface area contributed by atoms with Crippen LogP contribution in [0, 0.1) is 11.7 Å². The summed E-state index contributed by atoms with van der Waals surface area (Å²) in [7, 11) is 0. The molecule has 0 aliphatic heterocycles. The highest BCUT2D eigenvalue weighted by Crippen LogP contribution is 2.24. The smallest absolute Gasteiger partial charge is 0.244 e. The Morgan fingerprint density at radius 3 is 2.74 bits per heavy atom. The molecule has 1 heterocycles. The molecule has 144 valence electrons. The van der Waals surface area contributed by atoms with Crippen LogP contribution in [-0.4, -0.2) is 22.0 Å². The van der Waals surface area contributed by atoms with E-state index in [2.05, 4.69) is 28.1 Å². The SMILES string of the molecule is C[C@@H]1CCCC[C@@H]1NC(=S)NNC(=O)Cc1csc(-c2ccc(F)cc2)n1. The Bertz CT molecular complexity index is 793. The molecule has 0 radical (unpaired) electrons. The van der Waals surface area contributed by atoms with Gasteiger partial charge in [0.25, 0.3) is 0 Å². The molecule has 27 heavy (non-hydrogen) atoms. The van der Waals surface area contributed by atoms with Gasteiger partial charge in [-0.05, 0) is 55.2 Å². The van der Waals surface area contributed by atoms with Gasteiger partial charge in [0.2, 0.25) is 5.91 Å². The molecule has 2 atom stereocenters. The summed E-state index contributed by atoms with van der Waals surface area (Å²) >= 11 is 6.69. The Balaban J connectivity index is 1.45. The van der Waals surface area contributed by atoms with Gasteiger partial charge in [-0.2, -0.15) is 0 Å². The Morgan fingerprint density at radius 1 is 1.26 bits per heavy atom. The Kier molecular flexibility index (Phi) is 6.73. The predicted molar refractivity (Wildman–Crippen MR) is 110 cm³/mol. The standard InChI is InChI=1S/C19H23FN4OS2/c1-12-4-2-3-5-16(12)22-19(26)24-23-17(25)10-15-11-27-18(21-15)13-6-8-14(20)9-7-13/h6-9,11-12,16H,2-5,10H2,1H3,(H,23,25)(H2,22,24,26)/t12-,16+/m1/s1. The molecule has 0 bridgehead atoms. The third-order valence-corrected chi connectivity index (χ3v) is 5.89. The monoisotopic (exact) mass is 406 g/mol. The van der Waals surface area contributed by atoms with Crippen molar-refractivity contribution in [2.24, 2.45) is 5.92 Å². The largest absolute Gasteiger partial charge is 0.358 e. The van der Waals surface area contributed by atoms with Gasteiger partial charge in [0, 0.05) is 17.0 Å². The minimum atomic E-state index is -0.284. The second-order valence-electron chi connectivity index (χ2n) is 6.84. The molecule has 0 spiro atoms. The number of carbonyl (C=O) groups is 1. The fourth-order valence-corrected chi connectivity index (χ4v) is 4.21. The van der Waals surface area contributed by atoms with E-state index >= 15 is 0 Å². The Morgan fingerprint density at radius 2 is 2.00 bits per heavy atom. The fourth-order valence-electron chi connectivity index (χ4n) is 3.18. The van der Waals surface area contributed by atoms with E-state index in [0.717, 1.165) is 17.0 Å². The summed E-state index contributed by atoms with van der Waals surface area (Å²) in [6, 6.07) is 6.50. The predicted octanol–water partition coefficient (Wildman–Crippen LogP) is 3.57. The number of thiazole rings is 1. The summed E-state index contributed by atoms with van der Waals surface area (Å²) < 4.78 is 13.0. The molecule has 1 aliphatic carbocycles. The lowest BCUT2D eigenvalue weighted by atomic mass is 9.86. The van der Waals surface area contributed by atoms with E-state index < -0.39 is 0 Å². The summed E-state index contributed by atoms with van der Waals surface area (Å²) in [6.07, 6.45) is 4.92. The van der Waals surface area contributed by atoms with Crippen LogP contribution >= 0.6 is 23.6 Å². The number of carbonyl (C=O) groups excluding carboxylic acids is 1. The van der Waals surface area contributed by atoms with E-state index in [1.807, 2.05) is 5.38 Å². The zero-order valence-electron chi connectivity index (χ0n) is 15.1. The number of hydrogen-bond acceptors (Lipinski definition) is 4. The molecule has 5 nitrogen and oxygen atoms in total. The van der Waals surface area contributed by atoms with Crippen molar-refractivity contribution in [1.29, 1.82) is 0 Å². The van der Waals surface area contributed by atoms with Crippen molar-refractivity contribution >= 4 is 34.6 Å². The van der Waals surface area contributed by atoms with E-state index in [4.69, 9.17) is 12.2 Å². The molecular formula is C19H23FN4OS2. The summed E-state index contributed by atoms with van der Waals surface area (Å²) in [4.78, 5) is 16.6. The zero-order chi connectivity index (χ0) is 19.2. The molecule has 1 fully saturated rings. The van der Waals surface area contributed by atoms with E-state index in [1.165, 1.54) is 42.7 Å². The van der Waals surface area contributed by atoms with Gasteiger partial charge >= 0.3 is 0 Å². The lowest BCUT2D eigenvalue weighted by Gasteiger charge is -2.30. The van der Waals surface area contributed by atoms with E-state index in [0.29, 0.717) is 22.8 Å². The summed E-state index contributed by atoms with van der Waals surface area (Å²) in [5.74, 6) is 0.0778. The summed E-state index contributed by atoms with van der Waals surface area (Å²) in [6.45, 7) is 2.22. The Labute approximate surface area is 167 Å². The molecule has 3 N–H and O–H groups in total. The maximum Gasteiger partial charge on any atom is 0.244 e. The quantitative estimate of drug-likeness (QED) is 0.535. The van der Waals surface area contributed by atoms with Gasteiger partial charge in [-0.1, -0.05) is 19.8 Å². The van der Waals surface area contributed by atoms with Gasteiger partial charge < -0.3 is 5.32 Å². The molecule has 3 rings (SSSR count). The van der Waals surface area contributed by atoms with Gasteiger partial charge in [-0.3, -0.25) is 15.6 Å². The van der Waals surface area contributed by atoms with Crippen molar-refractivity contribution in [2.75, 3.05) is 0 Å². The number of halogens is 1. The average molecular weight is 407 g/mol. The topological polar surface area (TPSA) is 66.0 Å². The van der Waals surface area contributed by atoms with Crippen LogP contribution < -0.4 is 16.2 Å². The highest BCUT2D eigenvalue weighted by molar-refractivity contribution is 7.80. The number of benzene rings is 1. The molecule has 1 aliphatic rings. The van der Waals surface area contributed by atoms with Gasteiger partial charge in [-0.25, -0.2) is 9.37 Å². The first-order valence-corrected chi connectivity index (χ1v) is 10.4. The fraction of sp³-hybridized carbons (Fsp3) is 0.421. The summed E-state index contributed by atoms with van der Waals surface area (Å²) in [5, 5.41) is 6.31. The number of hydrogen-bond donors (Lipinski definition) is 3. The minimum Gasteiger partial charge on any atom is -0.358 e. The third-order valence-electron chi connectivity index (χ3n) is 4.73. The second-order valence-corrected chi connectivity index (χ2v) is 8.11. The first-order chi connectivity index (χ1) is 13.0. The van der Waals surface area contributed by atoms with Crippen molar-refractivity contribution in [3.05, 3.63) is 41.2 Å². The molecule has 1 aromatic heterocycles. The van der Waals surface area contributed by atoms with Crippen molar-refractivity contribution in [1.82, 2.24) is 21.2 Å². The normalized spacial score (nSPS) is 19.3. The van der Waals surface area contributed by atoms with Crippen molar-refractivity contribution in [3.8, 4) is 10.6 Å². The molecule has 2 aromatic rings. The van der Waals surface area contributed by atoms with Crippen LogP contribution in [0.2, 0.25) is 0 Å². The molecule has 1 saturated carbocycles.